The van der Waals surface area contributed by atoms with Crippen LogP contribution in [0.1, 0.15) is 16.1 Å². The van der Waals surface area contributed by atoms with E-state index >= 15 is 0 Å². The third-order valence-electron chi connectivity index (χ3n) is 4.59. The number of rotatable bonds is 4. The monoisotopic (exact) mass is 400 g/mol. The fourth-order valence-electron chi connectivity index (χ4n) is 3.18. The summed E-state index contributed by atoms with van der Waals surface area (Å²) in [6.07, 6.45) is 3.48. The van der Waals surface area contributed by atoms with E-state index in [1.54, 1.807) is 17.7 Å². The summed E-state index contributed by atoms with van der Waals surface area (Å²) in [5.41, 5.74) is 3.81. The molecule has 0 saturated carbocycles. The van der Waals surface area contributed by atoms with E-state index < -0.39 is 0 Å². The minimum absolute atomic E-state index is 0.292. The Morgan fingerprint density at radius 3 is 2.72 bits per heavy atom. The fraction of sp³-hybridized carbons (Fsp3) is 0.0455. The van der Waals surface area contributed by atoms with Crippen LogP contribution >= 0.6 is 11.3 Å². The van der Waals surface area contributed by atoms with Crippen molar-refractivity contribution in [2.45, 2.75) is 6.92 Å². The number of pyridine rings is 1. The van der Waals surface area contributed by atoms with Gasteiger partial charge in [-0.3, -0.25) is 9.20 Å². The number of carbonyl (C=O) groups is 1. The molecule has 7 heteroatoms. The number of thiazole rings is 1. The van der Waals surface area contributed by atoms with Crippen LogP contribution in [-0.2, 0) is 0 Å². The second-order valence-electron chi connectivity index (χ2n) is 6.53. The number of imidazole rings is 1. The van der Waals surface area contributed by atoms with Crippen molar-refractivity contribution in [1.82, 2.24) is 14.4 Å². The van der Waals surface area contributed by atoms with E-state index in [1.165, 1.54) is 11.3 Å². The van der Waals surface area contributed by atoms with E-state index in [1.807, 2.05) is 66.1 Å². The lowest BCUT2D eigenvalue weighted by Crippen LogP contribution is -2.14. The van der Waals surface area contributed by atoms with Gasteiger partial charge in [-0.15, -0.1) is 11.3 Å². The number of carbonyl (C=O) groups excluding carboxylic acids is 1. The quantitative estimate of drug-likeness (QED) is 0.446. The van der Waals surface area contributed by atoms with Gasteiger partial charge in [0.25, 0.3) is 5.91 Å². The molecule has 5 rings (SSSR count). The predicted octanol–water partition coefficient (Wildman–Crippen LogP) is 5.28. The second kappa shape index (κ2) is 7.03. The SMILES string of the molecule is Cc1cccn2c(NC(=O)c3csc(-c4ccco4)n3)c(-c3ccccc3)nc12. The van der Waals surface area contributed by atoms with Crippen LogP contribution in [0.25, 0.3) is 27.7 Å². The van der Waals surface area contributed by atoms with Crippen molar-refractivity contribution in [2.24, 2.45) is 0 Å². The van der Waals surface area contributed by atoms with Crippen LogP contribution in [0.15, 0.2) is 76.9 Å². The zero-order valence-corrected chi connectivity index (χ0v) is 16.3. The Balaban J connectivity index is 1.56. The first-order chi connectivity index (χ1) is 14.2. The van der Waals surface area contributed by atoms with Gasteiger partial charge in [-0.05, 0) is 30.7 Å². The van der Waals surface area contributed by atoms with Crippen LogP contribution in [0, 0.1) is 6.92 Å². The summed E-state index contributed by atoms with van der Waals surface area (Å²) in [5, 5.41) is 5.40. The Morgan fingerprint density at radius 2 is 1.93 bits per heavy atom. The van der Waals surface area contributed by atoms with E-state index in [0.29, 0.717) is 22.3 Å². The average molecular weight is 400 g/mol. The predicted molar refractivity (Wildman–Crippen MR) is 113 cm³/mol. The smallest absolute Gasteiger partial charge is 0.276 e. The summed E-state index contributed by atoms with van der Waals surface area (Å²) in [5.74, 6) is 0.969. The summed E-state index contributed by atoms with van der Waals surface area (Å²) in [6.45, 7) is 2.00. The molecule has 0 unspecified atom stereocenters. The number of benzene rings is 1. The fourth-order valence-corrected chi connectivity index (χ4v) is 3.95. The first-order valence-corrected chi connectivity index (χ1v) is 9.92. The number of furan rings is 1. The molecule has 29 heavy (non-hydrogen) atoms. The number of hydrogen-bond donors (Lipinski definition) is 1. The molecule has 4 heterocycles. The molecule has 1 amide bonds. The first-order valence-electron chi connectivity index (χ1n) is 9.04. The van der Waals surface area contributed by atoms with Crippen molar-refractivity contribution in [3.05, 3.63) is 83.7 Å². The molecule has 0 radical (unpaired) electrons. The van der Waals surface area contributed by atoms with E-state index in [0.717, 1.165) is 22.5 Å². The molecule has 1 N–H and O–H groups in total. The maximum atomic E-state index is 13.0. The summed E-state index contributed by atoms with van der Waals surface area (Å²) in [4.78, 5) is 22.2. The van der Waals surface area contributed by atoms with Gasteiger partial charge in [-0.1, -0.05) is 36.4 Å². The molecule has 0 atom stereocenters. The van der Waals surface area contributed by atoms with E-state index in [9.17, 15) is 4.79 Å². The highest BCUT2D eigenvalue weighted by Gasteiger charge is 2.20. The minimum atomic E-state index is -0.292. The van der Waals surface area contributed by atoms with Gasteiger partial charge in [0.05, 0.1) is 6.26 Å². The number of nitrogens with one attached hydrogen (secondary N) is 1. The van der Waals surface area contributed by atoms with Crippen molar-refractivity contribution in [3.63, 3.8) is 0 Å². The van der Waals surface area contributed by atoms with Crippen LogP contribution < -0.4 is 5.32 Å². The Kier molecular flexibility index (Phi) is 4.22. The third-order valence-corrected chi connectivity index (χ3v) is 5.45. The summed E-state index contributed by atoms with van der Waals surface area (Å²) in [6, 6.07) is 17.4. The summed E-state index contributed by atoms with van der Waals surface area (Å²) >= 11 is 1.37. The molecule has 0 saturated heterocycles. The van der Waals surface area contributed by atoms with Crippen molar-refractivity contribution >= 4 is 28.7 Å². The van der Waals surface area contributed by atoms with Crippen molar-refractivity contribution in [3.8, 4) is 22.0 Å². The van der Waals surface area contributed by atoms with E-state index in [4.69, 9.17) is 9.40 Å². The lowest BCUT2D eigenvalue weighted by Gasteiger charge is -2.07. The van der Waals surface area contributed by atoms with Crippen molar-refractivity contribution in [2.75, 3.05) is 5.32 Å². The number of aryl methyl sites for hydroxylation is 1. The van der Waals surface area contributed by atoms with Gasteiger partial charge in [-0.2, -0.15) is 0 Å². The maximum Gasteiger partial charge on any atom is 0.276 e. The average Bonchev–Trinajstić information content (AvgIpc) is 3.49. The molecule has 6 nitrogen and oxygen atoms in total. The summed E-state index contributed by atoms with van der Waals surface area (Å²) < 4.78 is 7.27. The van der Waals surface area contributed by atoms with Gasteiger partial charge < -0.3 is 9.73 Å². The van der Waals surface area contributed by atoms with Gasteiger partial charge in [0.15, 0.2) is 10.8 Å². The maximum absolute atomic E-state index is 13.0. The molecule has 0 aliphatic rings. The van der Waals surface area contributed by atoms with Gasteiger partial charge in [0.1, 0.15) is 22.9 Å². The Bertz CT molecular complexity index is 1300. The van der Waals surface area contributed by atoms with Gasteiger partial charge in [0, 0.05) is 17.1 Å². The van der Waals surface area contributed by atoms with Crippen molar-refractivity contribution < 1.29 is 9.21 Å². The topological polar surface area (TPSA) is 72.4 Å². The molecule has 5 aromatic rings. The Labute approximate surface area is 170 Å². The van der Waals surface area contributed by atoms with Gasteiger partial charge >= 0.3 is 0 Å². The first kappa shape index (κ1) is 17.4. The Hall–Kier alpha value is -3.71. The molecular weight excluding hydrogens is 384 g/mol. The molecular formula is C22H16N4O2S. The highest BCUT2D eigenvalue weighted by atomic mass is 32.1. The number of fused-ring (bicyclic) bond motifs is 1. The number of hydrogen-bond acceptors (Lipinski definition) is 5. The van der Waals surface area contributed by atoms with Crippen LogP contribution in [-0.4, -0.2) is 20.3 Å². The van der Waals surface area contributed by atoms with Crippen LogP contribution in [0.5, 0.6) is 0 Å². The lowest BCUT2D eigenvalue weighted by molar-refractivity contribution is 0.102. The third kappa shape index (κ3) is 3.11. The van der Waals surface area contributed by atoms with E-state index in [2.05, 4.69) is 10.3 Å². The molecule has 142 valence electrons. The molecule has 1 aromatic carbocycles. The summed E-state index contributed by atoms with van der Waals surface area (Å²) in [7, 11) is 0. The molecule has 0 aliphatic heterocycles. The van der Waals surface area contributed by atoms with E-state index in [-0.39, 0.29) is 5.91 Å². The zero-order chi connectivity index (χ0) is 19.8. The Morgan fingerprint density at radius 1 is 1.07 bits per heavy atom. The van der Waals surface area contributed by atoms with Gasteiger partial charge in [0.2, 0.25) is 0 Å². The number of anilines is 1. The number of amides is 1. The van der Waals surface area contributed by atoms with Gasteiger partial charge in [-0.25, -0.2) is 9.97 Å². The van der Waals surface area contributed by atoms with Crippen LogP contribution in [0.2, 0.25) is 0 Å². The normalized spacial score (nSPS) is 11.1. The molecule has 0 bridgehead atoms. The standard InChI is InChI=1S/C22H16N4O2S/c1-14-7-5-11-26-19(14)24-18(15-8-3-2-4-9-15)20(26)25-21(27)16-13-29-22(23-16)17-10-6-12-28-17/h2-13H,1H3,(H,25,27). The highest BCUT2D eigenvalue weighted by molar-refractivity contribution is 7.13. The van der Waals surface area contributed by atoms with Crippen LogP contribution in [0.4, 0.5) is 5.82 Å². The minimum Gasteiger partial charge on any atom is -0.462 e. The number of nitrogens with zero attached hydrogens (tertiary/aromatic N) is 3. The molecule has 4 aromatic heterocycles. The lowest BCUT2D eigenvalue weighted by atomic mass is 10.1. The second-order valence-corrected chi connectivity index (χ2v) is 7.39. The largest absolute Gasteiger partial charge is 0.462 e. The zero-order valence-electron chi connectivity index (χ0n) is 15.5. The van der Waals surface area contributed by atoms with Crippen molar-refractivity contribution in [1.29, 1.82) is 0 Å². The number of aromatic nitrogens is 3. The molecule has 0 aliphatic carbocycles. The van der Waals surface area contributed by atoms with Crippen LogP contribution in [0.3, 0.4) is 0 Å². The highest BCUT2D eigenvalue weighted by Crippen LogP contribution is 2.30. The molecule has 0 spiro atoms. The molecule has 0 fully saturated rings.